The van der Waals surface area contributed by atoms with E-state index in [0.29, 0.717) is 27.7 Å². The van der Waals surface area contributed by atoms with E-state index in [1.165, 1.54) is 11.1 Å². The van der Waals surface area contributed by atoms with Gasteiger partial charge in [0.1, 0.15) is 22.4 Å². The molecule has 2 aliphatic rings. The van der Waals surface area contributed by atoms with Gasteiger partial charge in [-0.3, -0.25) is 9.80 Å². The maximum Gasteiger partial charge on any atom is 0.393 e. The van der Waals surface area contributed by atoms with E-state index < -0.39 is 23.6 Å². The molecule has 2 N–H and O–H groups in total. The number of piperidine rings is 1. The van der Waals surface area contributed by atoms with Crippen LogP contribution >= 0.6 is 11.3 Å². The van der Waals surface area contributed by atoms with Crippen LogP contribution in [0, 0.1) is 18.3 Å². The summed E-state index contributed by atoms with van der Waals surface area (Å²) in [6.45, 7) is 9.56. The number of anilines is 2. The molecule has 2 fully saturated rings. The molecule has 10 nitrogen and oxygen atoms in total. The van der Waals surface area contributed by atoms with Crippen LogP contribution in [-0.2, 0) is 30.5 Å². The van der Waals surface area contributed by atoms with E-state index in [2.05, 4.69) is 60.1 Å². The number of likely N-dealkylation sites (tertiary alicyclic amines) is 1. The summed E-state index contributed by atoms with van der Waals surface area (Å²) < 4.78 is 55.1. The largest absolute Gasteiger partial charge is 0.393 e. The summed E-state index contributed by atoms with van der Waals surface area (Å²) >= 11 is 1.06. The Bertz CT molecular complexity index is 1800. The number of piperazine rings is 1. The lowest BCUT2D eigenvalue weighted by molar-refractivity contribution is -0.126. The van der Waals surface area contributed by atoms with E-state index in [0.717, 1.165) is 94.0 Å². The molecular weight excluding hydrogens is 648 g/mol. The SMILES string of the molecule is CNc1nc(NC2CCN(Cc3ccc4c(cc(C#N)n4CCN4CCN(S(C)=O)CC4)c3C)CC2)c2cc(CC(F)(F)F)sc2n1. The van der Waals surface area contributed by atoms with Crippen LogP contribution in [0.25, 0.3) is 21.1 Å². The third kappa shape index (κ3) is 7.73. The molecular formula is C32H40F3N9OS2. The summed E-state index contributed by atoms with van der Waals surface area (Å²) in [4.78, 5) is 14.5. The standard InChI is InChI=1S/C32H40F3N9OS2/c1-21-22(4-5-28-26(21)16-24(19-36)44(28)15-12-41-10-13-43(14-11-41)47(3)45)20-42-8-6-23(7-9-42)38-29-27-17-25(18-32(33,34)35)46-30(27)40-31(37-2)39-29/h4-5,16-17,23H,6-15,18,20H2,1-3H3,(H2,37,38,39,40). The van der Waals surface area contributed by atoms with Crippen LogP contribution in [0.2, 0.25) is 0 Å². The molecule has 252 valence electrons. The van der Waals surface area contributed by atoms with Crippen LogP contribution in [0.15, 0.2) is 24.3 Å². The van der Waals surface area contributed by atoms with Crippen molar-refractivity contribution < 1.29 is 17.4 Å². The van der Waals surface area contributed by atoms with Crippen molar-refractivity contribution >= 4 is 55.2 Å². The lowest BCUT2D eigenvalue weighted by atomic mass is 10.0. The quantitative estimate of drug-likeness (QED) is 0.241. The zero-order valence-electron chi connectivity index (χ0n) is 26.9. The number of aryl methyl sites for hydroxylation is 1. The third-order valence-electron chi connectivity index (χ3n) is 9.28. The fraction of sp³-hybridized carbons (Fsp3) is 0.531. The summed E-state index contributed by atoms with van der Waals surface area (Å²) in [5.74, 6) is 0.951. The number of thiophene rings is 1. The average molecular weight is 688 g/mol. The summed E-state index contributed by atoms with van der Waals surface area (Å²) in [5.41, 5.74) is 4.16. The number of aromatic nitrogens is 3. The molecule has 0 amide bonds. The van der Waals surface area contributed by atoms with Crippen molar-refractivity contribution in [2.75, 3.05) is 69.8 Å². The van der Waals surface area contributed by atoms with Crippen molar-refractivity contribution in [1.29, 1.82) is 5.26 Å². The van der Waals surface area contributed by atoms with Gasteiger partial charge in [-0.05, 0) is 49.1 Å². The fourth-order valence-corrected chi connectivity index (χ4v) is 8.36. The highest BCUT2D eigenvalue weighted by molar-refractivity contribution is 7.81. The first-order valence-electron chi connectivity index (χ1n) is 15.9. The smallest absolute Gasteiger partial charge is 0.367 e. The molecule has 6 rings (SSSR count). The van der Waals surface area contributed by atoms with E-state index in [9.17, 15) is 22.6 Å². The highest BCUT2D eigenvalue weighted by atomic mass is 32.2. The topological polar surface area (TPSA) is 105 Å². The first-order chi connectivity index (χ1) is 22.5. The second-order valence-corrected chi connectivity index (χ2v) is 14.8. The van der Waals surface area contributed by atoms with E-state index >= 15 is 0 Å². The maximum absolute atomic E-state index is 13.1. The van der Waals surface area contributed by atoms with Gasteiger partial charge in [0.05, 0.1) is 22.8 Å². The number of nitrogens with zero attached hydrogens (tertiary/aromatic N) is 7. The van der Waals surface area contributed by atoms with Gasteiger partial charge in [0.2, 0.25) is 5.95 Å². The van der Waals surface area contributed by atoms with E-state index in [-0.39, 0.29) is 10.9 Å². The van der Waals surface area contributed by atoms with Gasteiger partial charge in [-0.2, -0.15) is 23.4 Å². The first kappa shape index (κ1) is 33.6. The monoisotopic (exact) mass is 687 g/mol. The van der Waals surface area contributed by atoms with E-state index in [1.807, 2.05) is 10.4 Å². The molecule has 0 spiro atoms. The van der Waals surface area contributed by atoms with Crippen molar-refractivity contribution in [3.8, 4) is 6.07 Å². The Morgan fingerprint density at radius 2 is 1.79 bits per heavy atom. The lowest BCUT2D eigenvalue weighted by Gasteiger charge is -2.33. The molecule has 0 aliphatic carbocycles. The van der Waals surface area contributed by atoms with Gasteiger partial charge < -0.3 is 15.2 Å². The summed E-state index contributed by atoms with van der Waals surface area (Å²) in [6.07, 6.45) is -1.78. The Morgan fingerprint density at radius 3 is 2.45 bits per heavy atom. The van der Waals surface area contributed by atoms with Crippen molar-refractivity contribution in [2.45, 2.75) is 51.5 Å². The minimum absolute atomic E-state index is 0.142. The molecule has 5 heterocycles. The number of hydrogen-bond donors (Lipinski definition) is 2. The van der Waals surface area contributed by atoms with Crippen molar-refractivity contribution in [1.82, 2.24) is 28.6 Å². The molecule has 4 aromatic rings. The van der Waals surface area contributed by atoms with Gasteiger partial charge in [0.25, 0.3) is 0 Å². The number of benzene rings is 1. The molecule has 1 aromatic carbocycles. The number of nitriles is 1. The number of nitrogens with one attached hydrogen (secondary N) is 2. The Hall–Kier alpha value is -3.29. The molecule has 0 radical (unpaired) electrons. The molecule has 2 aliphatic heterocycles. The Balaban J connectivity index is 1.09. The number of alkyl halides is 3. The van der Waals surface area contributed by atoms with E-state index in [4.69, 9.17) is 0 Å². The Morgan fingerprint density at radius 1 is 1.04 bits per heavy atom. The van der Waals surface area contributed by atoms with Crippen molar-refractivity contribution in [3.05, 3.63) is 46.0 Å². The molecule has 0 saturated carbocycles. The molecule has 1 atom stereocenters. The molecule has 2 saturated heterocycles. The molecule has 15 heteroatoms. The zero-order chi connectivity index (χ0) is 33.3. The zero-order valence-corrected chi connectivity index (χ0v) is 28.5. The third-order valence-corrected chi connectivity index (χ3v) is 11.4. The minimum atomic E-state index is -4.28. The van der Waals surface area contributed by atoms with Crippen LogP contribution in [0.1, 0.15) is 34.5 Å². The predicted octanol–water partition coefficient (Wildman–Crippen LogP) is 4.96. The Kier molecular flexibility index (Phi) is 10.0. The second kappa shape index (κ2) is 14.1. The van der Waals surface area contributed by atoms with Gasteiger partial charge in [0.15, 0.2) is 0 Å². The average Bonchev–Trinajstić information content (AvgIpc) is 3.62. The van der Waals surface area contributed by atoms with Crippen molar-refractivity contribution in [2.24, 2.45) is 0 Å². The number of halogens is 3. The lowest BCUT2D eigenvalue weighted by Crippen LogP contribution is -2.47. The van der Waals surface area contributed by atoms with Crippen LogP contribution < -0.4 is 10.6 Å². The molecule has 1 unspecified atom stereocenters. The van der Waals surface area contributed by atoms with Crippen molar-refractivity contribution in [3.63, 3.8) is 0 Å². The number of rotatable bonds is 10. The second-order valence-electron chi connectivity index (χ2n) is 12.3. The predicted molar refractivity (Wildman–Crippen MR) is 182 cm³/mol. The van der Waals surface area contributed by atoms with Crippen LogP contribution in [-0.4, -0.2) is 104 Å². The summed E-state index contributed by atoms with van der Waals surface area (Å²) in [6, 6.07) is 10.4. The fourth-order valence-electron chi connectivity index (χ4n) is 6.63. The highest BCUT2D eigenvalue weighted by Gasteiger charge is 2.30. The maximum atomic E-state index is 13.1. The highest BCUT2D eigenvalue weighted by Crippen LogP contribution is 2.35. The molecule has 0 bridgehead atoms. The van der Waals surface area contributed by atoms with Gasteiger partial charge >= 0.3 is 6.18 Å². The summed E-state index contributed by atoms with van der Waals surface area (Å²) in [7, 11) is 0.765. The van der Waals surface area contributed by atoms with Gasteiger partial charge in [0, 0.05) is 94.0 Å². The number of hydrogen-bond acceptors (Lipinski definition) is 9. The summed E-state index contributed by atoms with van der Waals surface area (Å²) in [5, 5.41) is 18.1. The first-order valence-corrected chi connectivity index (χ1v) is 18.2. The van der Waals surface area contributed by atoms with E-state index in [1.54, 1.807) is 19.4 Å². The Labute approximate surface area is 279 Å². The van der Waals surface area contributed by atoms with Gasteiger partial charge in [-0.15, -0.1) is 11.3 Å². The van der Waals surface area contributed by atoms with Crippen LogP contribution in [0.5, 0.6) is 0 Å². The number of fused-ring (bicyclic) bond motifs is 2. The normalized spacial score (nSPS) is 18.1. The molecule has 3 aromatic heterocycles. The van der Waals surface area contributed by atoms with Gasteiger partial charge in [-0.1, -0.05) is 6.07 Å². The van der Waals surface area contributed by atoms with Gasteiger partial charge in [-0.25, -0.2) is 13.5 Å². The van der Waals surface area contributed by atoms with Crippen LogP contribution in [0.3, 0.4) is 0 Å². The molecule has 47 heavy (non-hydrogen) atoms. The minimum Gasteiger partial charge on any atom is -0.367 e. The van der Waals surface area contributed by atoms with Crippen LogP contribution in [0.4, 0.5) is 24.9 Å².